The average molecular weight is 270 g/mol. The molecule has 0 radical (unpaired) electrons. The van der Waals surface area contributed by atoms with Gasteiger partial charge in [0.2, 0.25) is 11.8 Å². The Balaban J connectivity index is 2.86. The van der Waals surface area contributed by atoms with Crippen LogP contribution in [-0.4, -0.2) is 59.5 Å². The van der Waals surface area contributed by atoms with Crippen LogP contribution in [0.15, 0.2) is 0 Å². The third kappa shape index (κ3) is 3.34. The van der Waals surface area contributed by atoms with Crippen LogP contribution in [0.2, 0.25) is 0 Å². The molecule has 1 heterocycles. The number of likely N-dealkylation sites (tertiary alicyclic amines) is 1. The van der Waals surface area contributed by atoms with E-state index in [0.29, 0.717) is 6.54 Å². The van der Waals surface area contributed by atoms with Crippen LogP contribution >= 0.6 is 0 Å². The van der Waals surface area contributed by atoms with Crippen molar-refractivity contribution >= 4 is 11.8 Å². The maximum atomic E-state index is 12.4. The van der Waals surface area contributed by atoms with E-state index in [0.717, 1.165) is 0 Å². The number of amides is 2. The van der Waals surface area contributed by atoms with Crippen molar-refractivity contribution in [2.75, 3.05) is 27.2 Å². The summed E-state index contributed by atoms with van der Waals surface area (Å²) in [7, 11) is 3.70. The van der Waals surface area contributed by atoms with Gasteiger partial charge in [0.15, 0.2) is 0 Å². The summed E-state index contributed by atoms with van der Waals surface area (Å²) in [5.41, 5.74) is -1.72. The van der Waals surface area contributed by atoms with Gasteiger partial charge in [0, 0.05) is 13.0 Å². The van der Waals surface area contributed by atoms with Gasteiger partial charge in [-0.3, -0.25) is 14.5 Å². The van der Waals surface area contributed by atoms with Crippen molar-refractivity contribution in [2.24, 2.45) is 11.3 Å². The van der Waals surface area contributed by atoms with Crippen LogP contribution in [0.1, 0.15) is 34.1 Å². The summed E-state index contributed by atoms with van der Waals surface area (Å²) in [6.45, 7) is 7.85. The zero-order valence-corrected chi connectivity index (χ0v) is 12.9. The second-order valence-electron chi connectivity index (χ2n) is 6.77. The number of carbonyl (C=O) groups excluding carboxylic acids is 2. The van der Waals surface area contributed by atoms with E-state index in [-0.39, 0.29) is 30.7 Å². The zero-order valence-electron chi connectivity index (χ0n) is 12.9. The van der Waals surface area contributed by atoms with Crippen molar-refractivity contribution in [3.63, 3.8) is 0 Å². The lowest BCUT2D eigenvalue weighted by atomic mass is 9.78. The van der Waals surface area contributed by atoms with Gasteiger partial charge in [0.05, 0.1) is 17.6 Å². The molecule has 5 heteroatoms. The molecule has 0 aromatic rings. The maximum absolute atomic E-state index is 12.4. The Morgan fingerprint density at radius 1 is 1.42 bits per heavy atom. The Labute approximate surface area is 115 Å². The van der Waals surface area contributed by atoms with Gasteiger partial charge >= 0.3 is 0 Å². The molecule has 1 aliphatic heterocycles. The summed E-state index contributed by atoms with van der Waals surface area (Å²) in [5, 5.41) is 10.3. The number of β-amino-alcohol motifs (C(OH)–C–C–N with tert-alkyl or cyclic N) is 1. The quantitative estimate of drug-likeness (QED) is 0.748. The molecule has 1 aliphatic rings. The summed E-state index contributed by atoms with van der Waals surface area (Å²) in [4.78, 5) is 27.5. The Bertz CT molecular complexity index is 377. The van der Waals surface area contributed by atoms with E-state index in [4.69, 9.17) is 0 Å². The molecule has 0 saturated carbocycles. The van der Waals surface area contributed by atoms with Gasteiger partial charge in [0.25, 0.3) is 0 Å². The summed E-state index contributed by atoms with van der Waals surface area (Å²) in [5.74, 6) is -0.237. The largest absolute Gasteiger partial charge is 0.387 e. The first-order valence-corrected chi connectivity index (χ1v) is 6.71. The van der Waals surface area contributed by atoms with Crippen molar-refractivity contribution in [1.29, 1.82) is 0 Å². The predicted molar refractivity (Wildman–Crippen MR) is 73.5 cm³/mol. The smallest absolute Gasteiger partial charge is 0.235 e. The molecule has 0 spiro atoms. The molecule has 1 N–H and O–H groups in total. The van der Waals surface area contributed by atoms with E-state index < -0.39 is 11.0 Å². The third-order valence-corrected chi connectivity index (χ3v) is 3.98. The molecule has 0 aliphatic carbocycles. The lowest BCUT2D eigenvalue weighted by Gasteiger charge is -2.32. The maximum Gasteiger partial charge on any atom is 0.235 e. The highest BCUT2D eigenvalue weighted by Gasteiger charge is 2.51. The van der Waals surface area contributed by atoms with Crippen LogP contribution in [-0.2, 0) is 9.59 Å². The Morgan fingerprint density at radius 2 is 1.95 bits per heavy atom. The summed E-state index contributed by atoms with van der Waals surface area (Å²) in [6.07, 6.45) is 0.238. The van der Waals surface area contributed by atoms with Gasteiger partial charge in [-0.15, -0.1) is 0 Å². The number of nitrogens with zero attached hydrogens (tertiary/aromatic N) is 2. The fourth-order valence-corrected chi connectivity index (χ4v) is 2.59. The molecule has 0 aromatic heterocycles. The molecule has 1 fully saturated rings. The van der Waals surface area contributed by atoms with Crippen molar-refractivity contribution in [2.45, 2.75) is 39.7 Å². The highest BCUT2D eigenvalue weighted by molar-refractivity contribution is 6.05. The van der Waals surface area contributed by atoms with E-state index in [9.17, 15) is 14.7 Å². The molecule has 1 rings (SSSR count). The van der Waals surface area contributed by atoms with Crippen LogP contribution in [0, 0.1) is 11.3 Å². The molecule has 19 heavy (non-hydrogen) atoms. The number of rotatable bonds is 5. The predicted octanol–water partition coefficient (Wildman–Crippen LogP) is 0.720. The molecule has 2 atom stereocenters. The summed E-state index contributed by atoms with van der Waals surface area (Å²) in [6, 6.07) is 0. The van der Waals surface area contributed by atoms with Gasteiger partial charge in [-0.05, 0) is 33.9 Å². The lowest BCUT2D eigenvalue weighted by molar-refractivity contribution is -0.146. The Kier molecular flexibility index (Phi) is 4.42. The monoisotopic (exact) mass is 270 g/mol. The van der Waals surface area contributed by atoms with Crippen molar-refractivity contribution in [1.82, 2.24) is 9.80 Å². The number of hydrogen-bond acceptors (Lipinski definition) is 4. The second-order valence-corrected chi connectivity index (χ2v) is 6.77. The fourth-order valence-electron chi connectivity index (χ4n) is 2.59. The zero-order chi connectivity index (χ0) is 15.0. The first-order valence-electron chi connectivity index (χ1n) is 6.71. The molecular weight excluding hydrogens is 244 g/mol. The van der Waals surface area contributed by atoms with E-state index >= 15 is 0 Å². The van der Waals surface area contributed by atoms with Gasteiger partial charge in [-0.25, -0.2) is 0 Å². The number of aliphatic hydroxyl groups is 1. The molecule has 0 aromatic carbocycles. The van der Waals surface area contributed by atoms with Crippen molar-refractivity contribution in [3.05, 3.63) is 0 Å². The minimum Gasteiger partial charge on any atom is -0.387 e. The Hall–Kier alpha value is -0.940. The van der Waals surface area contributed by atoms with E-state index in [1.54, 1.807) is 6.92 Å². The highest BCUT2D eigenvalue weighted by Crippen LogP contribution is 2.39. The number of carbonyl (C=O) groups is 2. The number of imide groups is 1. The molecule has 2 unspecified atom stereocenters. The van der Waals surface area contributed by atoms with Crippen molar-refractivity contribution < 1.29 is 14.7 Å². The van der Waals surface area contributed by atoms with Crippen molar-refractivity contribution in [3.8, 4) is 0 Å². The van der Waals surface area contributed by atoms with Gasteiger partial charge in [-0.2, -0.15) is 0 Å². The fraction of sp³-hybridized carbons (Fsp3) is 0.857. The third-order valence-electron chi connectivity index (χ3n) is 3.98. The number of likely N-dealkylation sites (N-methyl/N-ethyl adjacent to an activating group) is 1. The summed E-state index contributed by atoms with van der Waals surface area (Å²) >= 11 is 0. The Morgan fingerprint density at radius 3 is 2.32 bits per heavy atom. The first kappa shape index (κ1) is 16.1. The van der Waals surface area contributed by atoms with Crippen LogP contribution in [0.25, 0.3) is 0 Å². The topological polar surface area (TPSA) is 60.9 Å². The SMILES string of the molecule is CC(C)C1(C)CC(=O)N(CC(C)(O)CN(C)C)C1=O. The van der Waals surface area contributed by atoms with Gasteiger partial charge in [-0.1, -0.05) is 13.8 Å². The second kappa shape index (κ2) is 5.21. The summed E-state index contributed by atoms with van der Waals surface area (Å²) < 4.78 is 0. The standard InChI is InChI=1S/C14H26N2O3/c1-10(2)14(4)7-11(17)16(12(14)18)9-13(3,19)8-15(5)6/h10,19H,7-9H2,1-6H3. The normalized spacial score (nSPS) is 27.5. The minimum atomic E-state index is -1.09. The molecule has 0 bridgehead atoms. The average Bonchev–Trinajstić information content (AvgIpc) is 2.41. The minimum absolute atomic E-state index is 0.0607. The molecule has 2 amide bonds. The lowest BCUT2D eigenvalue weighted by Crippen LogP contribution is -2.50. The van der Waals surface area contributed by atoms with Gasteiger partial charge in [0.1, 0.15) is 0 Å². The van der Waals surface area contributed by atoms with Crippen LogP contribution < -0.4 is 0 Å². The molecule has 110 valence electrons. The van der Waals surface area contributed by atoms with Gasteiger partial charge < -0.3 is 10.0 Å². The van der Waals surface area contributed by atoms with E-state index in [2.05, 4.69) is 0 Å². The van der Waals surface area contributed by atoms with E-state index in [1.165, 1.54) is 4.90 Å². The first-order chi connectivity index (χ1) is 8.49. The molecule has 1 saturated heterocycles. The molecular formula is C14H26N2O3. The van der Waals surface area contributed by atoms with Crippen LogP contribution in [0.3, 0.4) is 0 Å². The highest BCUT2D eigenvalue weighted by atomic mass is 16.3. The van der Waals surface area contributed by atoms with Crippen LogP contribution in [0.4, 0.5) is 0 Å². The van der Waals surface area contributed by atoms with Crippen LogP contribution in [0.5, 0.6) is 0 Å². The van der Waals surface area contributed by atoms with E-state index in [1.807, 2.05) is 39.8 Å². The number of hydrogen-bond donors (Lipinski definition) is 1. The molecule has 5 nitrogen and oxygen atoms in total.